The van der Waals surface area contributed by atoms with Crippen LogP contribution < -0.4 is 20.4 Å². The number of hydrogen-bond donors (Lipinski definition) is 1. The summed E-state index contributed by atoms with van der Waals surface area (Å²) in [6.45, 7) is 8.80. The van der Waals surface area contributed by atoms with Gasteiger partial charge in [-0.2, -0.15) is 0 Å². The van der Waals surface area contributed by atoms with Crippen LogP contribution in [0.25, 0.3) is 16.6 Å². The molecular formula is C30H36FN5O3. The lowest BCUT2D eigenvalue weighted by atomic mass is 10.0. The monoisotopic (exact) mass is 533 g/mol. The zero-order valence-corrected chi connectivity index (χ0v) is 22.9. The molecule has 0 spiro atoms. The number of hydrogen-bond acceptors (Lipinski definition) is 6. The Morgan fingerprint density at radius 2 is 1.92 bits per heavy atom. The van der Waals surface area contributed by atoms with Gasteiger partial charge in [-0.1, -0.05) is 12.1 Å². The summed E-state index contributed by atoms with van der Waals surface area (Å²) in [5.74, 6) is -0.0697. The lowest BCUT2D eigenvalue weighted by Crippen LogP contribution is -2.49. The molecule has 3 aliphatic heterocycles. The van der Waals surface area contributed by atoms with Crippen LogP contribution in [0.2, 0.25) is 0 Å². The normalized spacial score (nSPS) is 19.4. The first kappa shape index (κ1) is 25.8. The van der Waals surface area contributed by atoms with Crippen LogP contribution >= 0.6 is 0 Å². The highest BCUT2D eigenvalue weighted by Crippen LogP contribution is 2.46. The predicted molar refractivity (Wildman–Crippen MR) is 151 cm³/mol. The molecule has 1 unspecified atom stereocenters. The van der Waals surface area contributed by atoms with Gasteiger partial charge in [-0.25, -0.2) is 4.39 Å². The lowest BCUT2D eigenvalue weighted by Gasteiger charge is -2.39. The molecule has 2 saturated heterocycles. The fourth-order valence-corrected chi connectivity index (χ4v) is 6.26. The predicted octanol–water partition coefficient (Wildman–Crippen LogP) is 3.98. The fourth-order valence-electron chi connectivity index (χ4n) is 6.26. The number of rotatable bonds is 6. The van der Waals surface area contributed by atoms with E-state index in [-0.39, 0.29) is 10.9 Å². The van der Waals surface area contributed by atoms with Crippen LogP contribution in [0, 0.1) is 5.82 Å². The number of para-hydroxylation sites is 2. The number of carbonyl (C=O) groups is 1. The molecule has 0 radical (unpaired) electrons. The van der Waals surface area contributed by atoms with Crippen molar-refractivity contribution < 1.29 is 13.9 Å². The van der Waals surface area contributed by atoms with E-state index in [0.29, 0.717) is 60.1 Å². The zero-order valence-electron chi connectivity index (χ0n) is 22.9. The van der Waals surface area contributed by atoms with E-state index in [1.165, 1.54) is 6.07 Å². The number of nitrogens with zero attached hydrogens (tertiary/aromatic N) is 4. The highest BCUT2D eigenvalue weighted by atomic mass is 19.1. The molecule has 0 aliphatic carbocycles. The maximum atomic E-state index is 15.9. The van der Waals surface area contributed by atoms with E-state index in [1.807, 2.05) is 33.7 Å². The average molecular weight is 534 g/mol. The standard InChI is InChI=1S/C30H36FN5O3/c1-19(2)34-13-15-35(16-14-34)27-23(31)17-21-26-29(27)39-25-9-5-4-8-24(25)36(26)18-22(28(21)37)30(38)32-11-10-20-7-6-12-33(20)3/h4-5,8-9,17-20H,6-7,10-16H2,1-3H3,(H,32,38). The van der Waals surface area contributed by atoms with Crippen molar-refractivity contribution in [2.45, 2.75) is 45.2 Å². The van der Waals surface area contributed by atoms with Crippen LogP contribution in [0.1, 0.15) is 43.5 Å². The van der Waals surface area contributed by atoms with Crippen LogP contribution in [0.3, 0.4) is 0 Å². The van der Waals surface area contributed by atoms with E-state index in [1.54, 1.807) is 6.20 Å². The van der Waals surface area contributed by atoms with E-state index >= 15 is 4.39 Å². The van der Waals surface area contributed by atoms with E-state index in [4.69, 9.17) is 4.74 Å². The van der Waals surface area contributed by atoms with Gasteiger partial charge in [-0.3, -0.25) is 14.5 Å². The summed E-state index contributed by atoms with van der Waals surface area (Å²) in [5, 5.41) is 3.08. The second-order valence-corrected chi connectivity index (χ2v) is 11.2. The molecule has 8 nitrogen and oxygen atoms in total. The minimum atomic E-state index is -0.514. The van der Waals surface area contributed by atoms with Gasteiger partial charge >= 0.3 is 0 Å². The number of carbonyl (C=O) groups excluding carboxylic acids is 1. The van der Waals surface area contributed by atoms with Crippen molar-refractivity contribution in [2.75, 3.05) is 51.2 Å². The largest absolute Gasteiger partial charge is 0.451 e. The van der Waals surface area contributed by atoms with Gasteiger partial charge in [-0.15, -0.1) is 0 Å². The Kier molecular flexibility index (Phi) is 6.81. The quantitative estimate of drug-likeness (QED) is 0.405. The molecule has 0 saturated carbocycles. The number of fused-ring (bicyclic) bond motifs is 2. The van der Waals surface area contributed by atoms with Crippen molar-refractivity contribution in [1.29, 1.82) is 0 Å². The van der Waals surface area contributed by atoms with Crippen molar-refractivity contribution in [1.82, 2.24) is 19.7 Å². The number of pyridine rings is 1. The van der Waals surface area contributed by atoms with Gasteiger partial charge in [0, 0.05) is 51.0 Å². The van der Waals surface area contributed by atoms with Gasteiger partial charge in [0.05, 0.1) is 11.1 Å². The number of anilines is 1. The summed E-state index contributed by atoms with van der Waals surface area (Å²) in [5.41, 5.74) is 1.08. The molecule has 6 rings (SSSR count). The number of ether oxygens (including phenoxy) is 1. The van der Waals surface area contributed by atoms with Gasteiger partial charge in [0.15, 0.2) is 17.3 Å². The first-order valence-electron chi connectivity index (χ1n) is 14.0. The molecule has 39 heavy (non-hydrogen) atoms. The Balaban J connectivity index is 1.40. The van der Waals surface area contributed by atoms with Gasteiger partial charge in [0.2, 0.25) is 5.43 Å². The Morgan fingerprint density at radius 3 is 2.64 bits per heavy atom. The van der Waals surface area contributed by atoms with Gasteiger partial charge in [0.1, 0.15) is 16.8 Å². The number of halogens is 1. The van der Waals surface area contributed by atoms with Crippen LogP contribution in [-0.4, -0.2) is 78.7 Å². The molecule has 206 valence electrons. The first-order chi connectivity index (χ1) is 18.8. The number of piperazine rings is 1. The lowest BCUT2D eigenvalue weighted by molar-refractivity contribution is 0.0949. The van der Waals surface area contributed by atoms with Gasteiger partial charge in [0.25, 0.3) is 5.91 Å². The van der Waals surface area contributed by atoms with E-state index < -0.39 is 17.2 Å². The molecule has 1 atom stereocenters. The second kappa shape index (κ2) is 10.3. The van der Waals surface area contributed by atoms with Crippen molar-refractivity contribution in [3.63, 3.8) is 0 Å². The number of aromatic nitrogens is 1. The first-order valence-corrected chi connectivity index (χ1v) is 14.0. The minimum absolute atomic E-state index is 0.00243. The molecule has 4 heterocycles. The zero-order chi connectivity index (χ0) is 27.3. The van der Waals surface area contributed by atoms with Crippen molar-refractivity contribution in [2.24, 2.45) is 0 Å². The van der Waals surface area contributed by atoms with Crippen LogP contribution in [-0.2, 0) is 0 Å². The Labute approximate surface area is 227 Å². The van der Waals surface area contributed by atoms with Gasteiger partial charge < -0.3 is 24.4 Å². The summed E-state index contributed by atoms with van der Waals surface area (Å²) < 4.78 is 24.0. The molecule has 1 aromatic heterocycles. The van der Waals surface area contributed by atoms with E-state index in [0.717, 1.165) is 38.9 Å². The maximum Gasteiger partial charge on any atom is 0.256 e. The fraction of sp³-hybridized carbons (Fsp3) is 0.467. The third-order valence-electron chi connectivity index (χ3n) is 8.55. The van der Waals surface area contributed by atoms with Crippen LogP contribution in [0.5, 0.6) is 11.5 Å². The Hall–Kier alpha value is -3.43. The molecule has 0 bridgehead atoms. The molecule has 3 aliphatic rings. The summed E-state index contributed by atoms with van der Waals surface area (Å²) in [6, 6.07) is 9.58. The molecular weight excluding hydrogens is 497 g/mol. The minimum Gasteiger partial charge on any atom is -0.451 e. The van der Waals surface area contributed by atoms with E-state index in [9.17, 15) is 9.59 Å². The molecule has 2 aromatic carbocycles. The summed E-state index contributed by atoms with van der Waals surface area (Å²) in [6.07, 6.45) is 4.69. The Morgan fingerprint density at radius 1 is 1.15 bits per heavy atom. The van der Waals surface area contributed by atoms with Crippen molar-refractivity contribution in [3.05, 3.63) is 58.1 Å². The molecule has 2 fully saturated rings. The number of benzene rings is 2. The summed E-state index contributed by atoms with van der Waals surface area (Å²) >= 11 is 0. The molecule has 1 amide bonds. The maximum absolute atomic E-state index is 15.9. The number of nitrogens with one attached hydrogen (secondary N) is 1. The molecule has 1 N–H and O–H groups in total. The van der Waals surface area contributed by atoms with Crippen molar-refractivity contribution >= 4 is 22.5 Å². The highest BCUT2D eigenvalue weighted by molar-refractivity contribution is 6.01. The highest BCUT2D eigenvalue weighted by Gasteiger charge is 2.32. The van der Waals surface area contributed by atoms with Crippen LogP contribution in [0.4, 0.5) is 10.1 Å². The van der Waals surface area contributed by atoms with E-state index in [2.05, 4.69) is 36.0 Å². The second-order valence-electron chi connectivity index (χ2n) is 11.2. The van der Waals surface area contributed by atoms with Crippen LogP contribution in [0.15, 0.2) is 41.3 Å². The Bertz CT molecular complexity index is 1480. The number of amides is 1. The summed E-state index contributed by atoms with van der Waals surface area (Å²) in [4.78, 5) is 33.6. The third kappa shape index (κ3) is 4.57. The average Bonchev–Trinajstić information content (AvgIpc) is 3.34. The molecule has 3 aromatic rings. The topological polar surface area (TPSA) is 70.1 Å². The molecule has 9 heteroatoms. The number of likely N-dealkylation sites (tertiary alicyclic amines) is 1. The smallest absolute Gasteiger partial charge is 0.256 e. The SMILES string of the molecule is CC(C)N1CCN(c2c(F)cc3c(=O)c(C(=O)NCCC4CCCN4C)cn4c3c2Oc2ccccc2-4)CC1. The van der Waals surface area contributed by atoms with Crippen molar-refractivity contribution in [3.8, 4) is 17.2 Å². The van der Waals surface area contributed by atoms with Gasteiger partial charge in [-0.05, 0) is 64.9 Å². The summed E-state index contributed by atoms with van der Waals surface area (Å²) in [7, 11) is 2.10. The third-order valence-corrected chi connectivity index (χ3v) is 8.55.